The van der Waals surface area contributed by atoms with Crippen molar-refractivity contribution < 1.29 is 4.39 Å². The quantitative estimate of drug-likeness (QED) is 0.445. The van der Waals surface area contributed by atoms with Crippen LogP contribution in [-0.2, 0) is 6.54 Å². The Morgan fingerprint density at radius 1 is 1.06 bits per heavy atom. The van der Waals surface area contributed by atoms with Gasteiger partial charge in [0.15, 0.2) is 11.5 Å². The first-order chi connectivity index (χ1) is 15.7. The predicted octanol–water partition coefficient (Wildman–Crippen LogP) is 2.57. The third-order valence-electron chi connectivity index (χ3n) is 6.83. The Balaban J connectivity index is 1.24. The van der Waals surface area contributed by atoms with Crippen molar-refractivity contribution in [2.24, 2.45) is 0 Å². The van der Waals surface area contributed by atoms with Gasteiger partial charge in [-0.25, -0.2) is 9.37 Å². The van der Waals surface area contributed by atoms with E-state index in [-0.39, 0.29) is 5.82 Å². The van der Waals surface area contributed by atoms with Crippen molar-refractivity contribution >= 4 is 28.6 Å². The summed E-state index contributed by atoms with van der Waals surface area (Å²) >= 11 is 0. The third-order valence-corrected chi connectivity index (χ3v) is 6.83. The molecule has 3 aromatic heterocycles. The number of anilines is 2. The van der Waals surface area contributed by atoms with Crippen molar-refractivity contribution in [2.45, 2.75) is 50.2 Å². The highest BCUT2D eigenvalue weighted by Crippen LogP contribution is 2.42. The number of H-pyrrole nitrogens is 1. The molecular weight excluding hydrogens is 409 g/mol. The lowest BCUT2D eigenvalue weighted by atomic mass is 10.2. The Labute approximate surface area is 183 Å². The normalized spacial score (nSPS) is 22.8. The summed E-state index contributed by atoms with van der Waals surface area (Å²) in [4.78, 5) is 19.7. The molecule has 0 unspecified atom stereocenters. The number of rotatable bonds is 5. The number of piperazine rings is 1. The maximum atomic E-state index is 14.0. The van der Waals surface area contributed by atoms with Crippen LogP contribution >= 0.6 is 0 Å². The third kappa shape index (κ3) is 3.01. The van der Waals surface area contributed by atoms with E-state index >= 15 is 0 Å². The molecule has 10 heteroatoms. The van der Waals surface area contributed by atoms with E-state index < -0.39 is 0 Å². The van der Waals surface area contributed by atoms with Crippen LogP contribution in [0, 0.1) is 5.82 Å². The molecule has 1 aliphatic carbocycles. The fraction of sp³-hybridized carbons (Fsp3) is 0.455. The molecule has 164 valence electrons. The summed E-state index contributed by atoms with van der Waals surface area (Å²) < 4.78 is 15.8. The van der Waals surface area contributed by atoms with Gasteiger partial charge in [-0.05, 0) is 43.7 Å². The molecule has 0 radical (unpaired) electrons. The number of nitrogens with zero attached hydrogens (tertiary/aromatic N) is 6. The minimum Gasteiger partial charge on any atom is -0.347 e. The molecule has 3 aliphatic rings. The van der Waals surface area contributed by atoms with Gasteiger partial charge in [-0.1, -0.05) is 6.07 Å². The van der Waals surface area contributed by atoms with Gasteiger partial charge < -0.3 is 20.5 Å². The van der Waals surface area contributed by atoms with E-state index in [1.807, 2.05) is 12.3 Å². The van der Waals surface area contributed by atoms with Crippen LogP contribution in [0.25, 0.3) is 16.7 Å². The molecule has 5 heterocycles. The largest absolute Gasteiger partial charge is 0.347 e. The molecule has 4 aromatic rings. The van der Waals surface area contributed by atoms with E-state index in [1.165, 1.54) is 37.3 Å². The molecule has 2 aliphatic heterocycles. The minimum absolute atomic E-state index is 0.328. The van der Waals surface area contributed by atoms with Gasteiger partial charge in [0.1, 0.15) is 11.3 Å². The summed E-state index contributed by atoms with van der Waals surface area (Å²) in [5.41, 5.74) is 3.10. The molecule has 1 aromatic carbocycles. The van der Waals surface area contributed by atoms with Crippen LogP contribution in [0.2, 0.25) is 0 Å². The van der Waals surface area contributed by atoms with Gasteiger partial charge in [0.25, 0.3) is 0 Å². The lowest BCUT2D eigenvalue weighted by molar-refractivity contribution is 0.460. The Morgan fingerprint density at radius 2 is 1.91 bits per heavy atom. The first kappa shape index (κ1) is 18.3. The second-order valence-corrected chi connectivity index (χ2v) is 9.17. The fourth-order valence-corrected chi connectivity index (χ4v) is 5.08. The second kappa shape index (κ2) is 6.86. The Bertz CT molecular complexity index is 1310. The van der Waals surface area contributed by atoms with Crippen LogP contribution in [-0.4, -0.2) is 54.7 Å². The molecule has 0 amide bonds. The van der Waals surface area contributed by atoms with Crippen LogP contribution in [0.1, 0.15) is 43.0 Å². The number of halogens is 1. The number of aromatic amines is 1. The number of imidazole rings is 1. The van der Waals surface area contributed by atoms with Gasteiger partial charge in [-0.3, -0.25) is 0 Å². The maximum Gasteiger partial charge on any atom is 0.230 e. The molecule has 2 atom stereocenters. The van der Waals surface area contributed by atoms with Gasteiger partial charge in [-0.2, -0.15) is 19.6 Å². The first-order valence-electron chi connectivity index (χ1n) is 11.3. The van der Waals surface area contributed by atoms with E-state index in [1.54, 1.807) is 10.6 Å². The SMILES string of the molecule is Fc1cccc2[nH]c(CNc3nc(N4C[C@H]5CC[C@@H](C4)N5)nc4c(C5CC5)cnn34)nc12. The number of benzene rings is 1. The molecule has 3 fully saturated rings. The number of fused-ring (bicyclic) bond motifs is 4. The highest BCUT2D eigenvalue weighted by molar-refractivity contribution is 5.75. The molecule has 1 saturated carbocycles. The van der Waals surface area contributed by atoms with Crippen LogP contribution in [0.3, 0.4) is 0 Å². The van der Waals surface area contributed by atoms with E-state index in [0.717, 1.165) is 24.7 Å². The average molecular weight is 433 g/mol. The van der Waals surface area contributed by atoms with E-state index in [0.29, 0.717) is 47.4 Å². The van der Waals surface area contributed by atoms with Gasteiger partial charge in [0.05, 0.1) is 18.3 Å². The lowest BCUT2D eigenvalue weighted by Crippen LogP contribution is -2.51. The second-order valence-electron chi connectivity index (χ2n) is 9.17. The number of para-hydroxylation sites is 1. The Morgan fingerprint density at radius 3 is 2.69 bits per heavy atom. The van der Waals surface area contributed by atoms with Crippen LogP contribution in [0.5, 0.6) is 0 Å². The Kier molecular flexibility index (Phi) is 3.93. The van der Waals surface area contributed by atoms with E-state index in [2.05, 4.69) is 30.6 Å². The Hall–Kier alpha value is -3.27. The van der Waals surface area contributed by atoms with Crippen molar-refractivity contribution in [3.63, 3.8) is 0 Å². The van der Waals surface area contributed by atoms with Crippen LogP contribution in [0.15, 0.2) is 24.4 Å². The van der Waals surface area contributed by atoms with Gasteiger partial charge in [0.2, 0.25) is 11.9 Å². The summed E-state index contributed by atoms with van der Waals surface area (Å²) in [6, 6.07) is 5.93. The molecule has 2 saturated heterocycles. The summed E-state index contributed by atoms with van der Waals surface area (Å²) in [7, 11) is 0. The molecular formula is C22H24FN9. The fourth-order valence-electron chi connectivity index (χ4n) is 5.08. The number of nitrogens with one attached hydrogen (secondary N) is 3. The lowest BCUT2D eigenvalue weighted by Gasteiger charge is -2.33. The number of aromatic nitrogens is 6. The zero-order valence-electron chi connectivity index (χ0n) is 17.6. The highest BCUT2D eigenvalue weighted by atomic mass is 19.1. The van der Waals surface area contributed by atoms with Crippen LogP contribution in [0.4, 0.5) is 16.3 Å². The van der Waals surface area contributed by atoms with Gasteiger partial charge in [0, 0.05) is 30.7 Å². The van der Waals surface area contributed by atoms with Crippen molar-refractivity contribution in [3.05, 3.63) is 41.6 Å². The topological polar surface area (TPSA) is 99.1 Å². The summed E-state index contributed by atoms with van der Waals surface area (Å²) in [6.07, 6.45) is 6.71. The molecule has 2 bridgehead atoms. The van der Waals surface area contributed by atoms with E-state index in [4.69, 9.17) is 9.97 Å². The number of hydrogen-bond donors (Lipinski definition) is 3. The summed E-state index contributed by atoms with van der Waals surface area (Å²) in [5.74, 6) is 2.24. The molecule has 7 rings (SSSR count). The molecule has 9 nitrogen and oxygen atoms in total. The predicted molar refractivity (Wildman–Crippen MR) is 118 cm³/mol. The van der Waals surface area contributed by atoms with Gasteiger partial charge in [-0.15, -0.1) is 0 Å². The zero-order valence-corrected chi connectivity index (χ0v) is 17.6. The zero-order chi connectivity index (χ0) is 21.2. The molecule has 32 heavy (non-hydrogen) atoms. The van der Waals surface area contributed by atoms with Crippen molar-refractivity contribution in [3.8, 4) is 0 Å². The molecule has 3 N–H and O–H groups in total. The molecule has 0 spiro atoms. The minimum atomic E-state index is -0.328. The summed E-state index contributed by atoms with van der Waals surface area (Å²) in [5, 5.41) is 11.6. The average Bonchev–Trinajstić information content (AvgIpc) is 3.25. The monoisotopic (exact) mass is 433 g/mol. The van der Waals surface area contributed by atoms with Gasteiger partial charge >= 0.3 is 0 Å². The van der Waals surface area contributed by atoms with E-state index in [9.17, 15) is 4.39 Å². The number of hydrogen-bond acceptors (Lipinski definition) is 7. The van der Waals surface area contributed by atoms with Crippen molar-refractivity contribution in [2.75, 3.05) is 23.3 Å². The highest BCUT2D eigenvalue weighted by Gasteiger charge is 2.34. The van der Waals surface area contributed by atoms with Crippen molar-refractivity contribution in [1.29, 1.82) is 0 Å². The standard InChI is InChI=1S/C22H24FN9/c23-16-2-1-3-17-19(16)28-18(27-17)9-24-21-30-22(31-10-13-6-7-14(11-31)26-13)29-20-15(12-4-5-12)8-25-32(20)21/h1-3,8,12-14,26H,4-7,9-11H2,(H,27,28)(H,24,29,30)/t13-,14+. The smallest absolute Gasteiger partial charge is 0.230 e. The maximum absolute atomic E-state index is 14.0. The first-order valence-corrected chi connectivity index (χ1v) is 11.3. The summed E-state index contributed by atoms with van der Waals surface area (Å²) in [6.45, 7) is 2.22. The van der Waals surface area contributed by atoms with Crippen molar-refractivity contribution in [1.82, 2.24) is 34.9 Å². The van der Waals surface area contributed by atoms with Crippen LogP contribution < -0.4 is 15.5 Å².